The van der Waals surface area contributed by atoms with Crippen LogP contribution in [0.1, 0.15) is 31.1 Å². The first-order chi connectivity index (χ1) is 10.0. The molecule has 0 fully saturated rings. The SMILES string of the molecule is CCOC(=O)c1cc(-c2ccc(OC(C)C)cc2)[nH]c1N. The summed E-state index contributed by atoms with van der Waals surface area (Å²) in [5.41, 5.74) is 7.87. The summed E-state index contributed by atoms with van der Waals surface area (Å²) in [6.07, 6.45) is 0.132. The molecule has 0 saturated carbocycles. The van der Waals surface area contributed by atoms with Crippen LogP contribution < -0.4 is 10.5 Å². The monoisotopic (exact) mass is 288 g/mol. The molecular weight excluding hydrogens is 268 g/mol. The van der Waals surface area contributed by atoms with Crippen LogP contribution in [0.15, 0.2) is 30.3 Å². The fraction of sp³-hybridized carbons (Fsp3) is 0.312. The summed E-state index contributed by atoms with van der Waals surface area (Å²) in [5, 5.41) is 0. The normalized spacial score (nSPS) is 10.7. The summed E-state index contributed by atoms with van der Waals surface area (Å²) in [7, 11) is 0. The number of aromatic amines is 1. The van der Waals surface area contributed by atoms with Crippen molar-refractivity contribution in [1.29, 1.82) is 0 Å². The van der Waals surface area contributed by atoms with Gasteiger partial charge >= 0.3 is 5.97 Å². The van der Waals surface area contributed by atoms with Gasteiger partial charge in [0.2, 0.25) is 0 Å². The zero-order valence-electron chi connectivity index (χ0n) is 12.5. The van der Waals surface area contributed by atoms with Crippen molar-refractivity contribution < 1.29 is 14.3 Å². The van der Waals surface area contributed by atoms with Crippen molar-refractivity contribution >= 4 is 11.8 Å². The molecule has 1 heterocycles. The average molecular weight is 288 g/mol. The molecule has 2 rings (SSSR count). The third-order valence-corrected chi connectivity index (χ3v) is 2.88. The highest BCUT2D eigenvalue weighted by molar-refractivity contribution is 5.96. The standard InChI is InChI=1S/C16H20N2O3/c1-4-20-16(19)13-9-14(18-15(13)17)11-5-7-12(8-6-11)21-10(2)3/h5-10,18H,4,17H2,1-3H3. The number of benzene rings is 1. The lowest BCUT2D eigenvalue weighted by molar-refractivity contribution is 0.0528. The van der Waals surface area contributed by atoms with Crippen LogP contribution in [0.25, 0.3) is 11.3 Å². The van der Waals surface area contributed by atoms with E-state index >= 15 is 0 Å². The Morgan fingerprint density at radius 3 is 2.52 bits per heavy atom. The Morgan fingerprint density at radius 2 is 1.95 bits per heavy atom. The molecule has 3 N–H and O–H groups in total. The van der Waals surface area contributed by atoms with Gasteiger partial charge in [0.15, 0.2) is 0 Å². The van der Waals surface area contributed by atoms with E-state index in [2.05, 4.69) is 4.98 Å². The number of carbonyl (C=O) groups excluding carboxylic acids is 1. The highest BCUT2D eigenvalue weighted by atomic mass is 16.5. The molecule has 0 unspecified atom stereocenters. The van der Waals surface area contributed by atoms with E-state index in [1.54, 1.807) is 13.0 Å². The maximum atomic E-state index is 11.7. The molecule has 1 aromatic carbocycles. The number of hydrogen-bond acceptors (Lipinski definition) is 4. The number of esters is 1. The van der Waals surface area contributed by atoms with Gasteiger partial charge in [-0.25, -0.2) is 4.79 Å². The van der Waals surface area contributed by atoms with Gasteiger partial charge in [-0.3, -0.25) is 0 Å². The second kappa shape index (κ2) is 6.35. The van der Waals surface area contributed by atoms with Crippen LogP contribution in [0.2, 0.25) is 0 Å². The molecule has 0 radical (unpaired) electrons. The third kappa shape index (κ3) is 3.56. The number of rotatable bonds is 5. The van der Waals surface area contributed by atoms with Crippen molar-refractivity contribution in [3.05, 3.63) is 35.9 Å². The Kier molecular flexibility index (Phi) is 4.52. The van der Waals surface area contributed by atoms with Gasteiger partial charge in [-0.1, -0.05) is 0 Å². The smallest absolute Gasteiger partial charge is 0.341 e. The molecule has 0 spiro atoms. The minimum absolute atomic E-state index is 0.132. The molecule has 2 aromatic rings. The summed E-state index contributed by atoms with van der Waals surface area (Å²) in [6, 6.07) is 9.30. The van der Waals surface area contributed by atoms with Crippen LogP contribution in [0.4, 0.5) is 5.82 Å². The lowest BCUT2D eigenvalue weighted by atomic mass is 10.1. The highest BCUT2D eigenvalue weighted by Crippen LogP contribution is 2.26. The molecule has 1 aromatic heterocycles. The van der Waals surface area contributed by atoms with E-state index in [4.69, 9.17) is 15.2 Å². The Labute approximate surface area is 124 Å². The number of hydrogen-bond donors (Lipinski definition) is 2. The predicted octanol–water partition coefficient (Wildman–Crippen LogP) is 3.23. The Bertz CT molecular complexity index is 615. The van der Waals surface area contributed by atoms with Crippen LogP contribution >= 0.6 is 0 Å². The molecule has 112 valence electrons. The maximum Gasteiger partial charge on any atom is 0.341 e. The molecule has 0 aliphatic rings. The number of carbonyl (C=O) groups is 1. The summed E-state index contributed by atoms with van der Waals surface area (Å²) in [6.45, 7) is 6.03. The van der Waals surface area contributed by atoms with Gasteiger partial charge < -0.3 is 20.2 Å². The minimum Gasteiger partial charge on any atom is -0.491 e. The zero-order chi connectivity index (χ0) is 15.4. The van der Waals surface area contributed by atoms with Crippen molar-refractivity contribution in [2.75, 3.05) is 12.3 Å². The first-order valence-corrected chi connectivity index (χ1v) is 6.94. The van der Waals surface area contributed by atoms with Crippen LogP contribution in [-0.2, 0) is 4.74 Å². The van der Waals surface area contributed by atoms with E-state index in [0.717, 1.165) is 17.0 Å². The average Bonchev–Trinajstić information content (AvgIpc) is 2.81. The van der Waals surface area contributed by atoms with Gasteiger partial charge in [0.25, 0.3) is 0 Å². The van der Waals surface area contributed by atoms with Crippen LogP contribution in [0.5, 0.6) is 5.75 Å². The van der Waals surface area contributed by atoms with Crippen molar-refractivity contribution in [3.8, 4) is 17.0 Å². The Balaban J connectivity index is 2.22. The van der Waals surface area contributed by atoms with Gasteiger partial charge in [-0.2, -0.15) is 0 Å². The van der Waals surface area contributed by atoms with Crippen molar-refractivity contribution in [1.82, 2.24) is 4.98 Å². The quantitative estimate of drug-likeness (QED) is 0.828. The molecule has 0 aliphatic heterocycles. The summed E-state index contributed by atoms with van der Waals surface area (Å²) >= 11 is 0. The van der Waals surface area contributed by atoms with Gasteiger partial charge in [-0.15, -0.1) is 0 Å². The molecule has 5 heteroatoms. The number of anilines is 1. The first kappa shape index (κ1) is 15.0. The molecule has 0 bridgehead atoms. The van der Waals surface area contributed by atoms with Crippen molar-refractivity contribution in [3.63, 3.8) is 0 Å². The molecule has 0 amide bonds. The second-order valence-corrected chi connectivity index (χ2v) is 4.92. The lowest BCUT2D eigenvalue weighted by Crippen LogP contribution is -2.05. The van der Waals surface area contributed by atoms with Gasteiger partial charge in [0, 0.05) is 5.69 Å². The van der Waals surface area contributed by atoms with Gasteiger partial charge in [0.05, 0.1) is 12.7 Å². The molecular formula is C16H20N2O3. The van der Waals surface area contributed by atoms with E-state index in [-0.39, 0.29) is 6.10 Å². The molecule has 0 atom stereocenters. The molecule has 0 aliphatic carbocycles. The van der Waals surface area contributed by atoms with Crippen LogP contribution in [0.3, 0.4) is 0 Å². The number of H-pyrrole nitrogens is 1. The number of nitrogen functional groups attached to an aromatic ring is 1. The summed E-state index contributed by atoms with van der Waals surface area (Å²) in [4.78, 5) is 14.7. The topological polar surface area (TPSA) is 77.3 Å². The van der Waals surface area contributed by atoms with Gasteiger partial charge in [-0.05, 0) is 56.7 Å². The number of nitrogens with two attached hydrogens (primary N) is 1. The maximum absolute atomic E-state index is 11.7. The Morgan fingerprint density at radius 1 is 1.29 bits per heavy atom. The van der Waals surface area contributed by atoms with Crippen molar-refractivity contribution in [2.24, 2.45) is 0 Å². The molecule has 0 saturated heterocycles. The zero-order valence-corrected chi connectivity index (χ0v) is 12.5. The second-order valence-electron chi connectivity index (χ2n) is 4.92. The van der Waals surface area contributed by atoms with E-state index < -0.39 is 5.97 Å². The summed E-state index contributed by atoms with van der Waals surface area (Å²) < 4.78 is 10.6. The van der Waals surface area contributed by atoms with E-state index in [9.17, 15) is 4.79 Å². The number of nitrogens with one attached hydrogen (secondary N) is 1. The summed E-state index contributed by atoms with van der Waals surface area (Å²) in [5.74, 6) is 0.696. The Hall–Kier alpha value is -2.43. The number of aromatic nitrogens is 1. The van der Waals surface area contributed by atoms with Crippen LogP contribution in [0, 0.1) is 0 Å². The fourth-order valence-corrected chi connectivity index (χ4v) is 1.99. The molecule has 5 nitrogen and oxygen atoms in total. The first-order valence-electron chi connectivity index (χ1n) is 6.94. The van der Waals surface area contributed by atoms with Gasteiger partial charge in [0.1, 0.15) is 17.1 Å². The van der Waals surface area contributed by atoms with E-state index in [1.165, 1.54) is 0 Å². The van der Waals surface area contributed by atoms with E-state index in [0.29, 0.717) is 18.0 Å². The van der Waals surface area contributed by atoms with E-state index in [1.807, 2.05) is 38.1 Å². The third-order valence-electron chi connectivity index (χ3n) is 2.88. The van der Waals surface area contributed by atoms with Crippen molar-refractivity contribution in [2.45, 2.75) is 26.9 Å². The fourth-order valence-electron chi connectivity index (χ4n) is 1.99. The predicted molar refractivity (Wildman–Crippen MR) is 82.4 cm³/mol. The lowest BCUT2D eigenvalue weighted by Gasteiger charge is -2.09. The highest BCUT2D eigenvalue weighted by Gasteiger charge is 2.15. The minimum atomic E-state index is -0.419. The molecule has 21 heavy (non-hydrogen) atoms. The largest absolute Gasteiger partial charge is 0.491 e. The number of ether oxygens (including phenoxy) is 2. The van der Waals surface area contributed by atoms with Crippen LogP contribution in [-0.4, -0.2) is 23.7 Å².